The average molecular weight is 692 g/mol. The van der Waals surface area contributed by atoms with Crippen LogP contribution in [0, 0.1) is 11.8 Å². The van der Waals surface area contributed by atoms with Gasteiger partial charge in [-0.25, -0.2) is 9.13 Å². The van der Waals surface area contributed by atoms with Gasteiger partial charge < -0.3 is 36.9 Å². The Kier molecular flexibility index (Phi) is 8.17. The number of thioether (sulfide) groups is 1. The minimum Gasteiger partial charge on any atom is -1.00 e. The Morgan fingerprint density at radius 2 is 1.84 bits per heavy atom. The van der Waals surface area contributed by atoms with E-state index in [0.717, 1.165) is 21.3 Å². The molecule has 0 spiro atoms. The number of aliphatic hydroxyl groups is 1. The third-order valence-electron chi connectivity index (χ3n) is 8.69. The molecule has 1 saturated heterocycles. The lowest BCUT2D eigenvalue weighted by Crippen LogP contribution is -3.00. The topological polar surface area (TPSA) is 92.8 Å². The largest absolute Gasteiger partial charge is 1.00 e. The Labute approximate surface area is 273 Å². The molecule has 0 saturated carbocycles. The summed E-state index contributed by atoms with van der Waals surface area (Å²) in [7, 11) is 0. The summed E-state index contributed by atoms with van der Waals surface area (Å²) in [6.07, 6.45) is 9.49. The summed E-state index contributed by atoms with van der Waals surface area (Å²) in [5, 5.41) is 25.9. The van der Waals surface area contributed by atoms with Gasteiger partial charge in [-0.1, -0.05) is 66.4 Å². The fraction of sp³-hybridized carbons (Fsp3) is 0.273. The highest BCUT2D eigenvalue weighted by molar-refractivity contribution is 7.98. The van der Waals surface area contributed by atoms with E-state index in [-0.39, 0.29) is 40.5 Å². The number of aliphatic hydroxyl groups excluding tert-OH is 1. The van der Waals surface area contributed by atoms with E-state index in [4.69, 9.17) is 0 Å². The van der Waals surface area contributed by atoms with Gasteiger partial charge in [-0.05, 0) is 36.3 Å². The van der Waals surface area contributed by atoms with E-state index in [1.807, 2.05) is 30.1 Å². The normalized spacial score (nSPS) is 20.1. The molecular formula is C33H31BrN4O4S2. The van der Waals surface area contributed by atoms with E-state index in [0.29, 0.717) is 12.1 Å². The van der Waals surface area contributed by atoms with Crippen LogP contribution in [0.25, 0.3) is 21.2 Å². The molecule has 5 aromatic rings. The molecule has 2 aromatic carbocycles. The predicted molar refractivity (Wildman–Crippen MR) is 163 cm³/mol. The molecule has 0 unspecified atom stereocenters. The van der Waals surface area contributed by atoms with Crippen LogP contribution >= 0.6 is 23.1 Å². The van der Waals surface area contributed by atoms with Crippen LogP contribution in [-0.4, -0.2) is 44.7 Å². The van der Waals surface area contributed by atoms with Crippen molar-refractivity contribution in [2.24, 2.45) is 11.8 Å². The SMILES string of the molecule is CSc1c2sc(C3=C(C(=O)[O-])N4C(=O)[C@H]([C@@H](C)O)[C@H]4[C@H]3C)cn2c[n+]1Cc1cccc(C[n+]2ccc3ccccc3c2)c1.[Br-]. The van der Waals surface area contributed by atoms with Crippen LogP contribution in [0.4, 0.5) is 0 Å². The molecule has 7 rings (SSSR count). The monoisotopic (exact) mass is 690 g/mol. The van der Waals surface area contributed by atoms with Crippen molar-refractivity contribution in [3.05, 3.63) is 101 Å². The molecule has 0 bridgehead atoms. The fourth-order valence-electron chi connectivity index (χ4n) is 6.77. The quantitative estimate of drug-likeness (QED) is 0.139. The van der Waals surface area contributed by atoms with Gasteiger partial charge in [0.15, 0.2) is 18.9 Å². The van der Waals surface area contributed by atoms with Crippen LogP contribution in [0.1, 0.15) is 29.9 Å². The van der Waals surface area contributed by atoms with Crippen molar-refractivity contribution < 1.29 is 45.9 Å². The highest BCUT2D eigenvalue weighted by Gasteiger charge is 2.59. The number of amides is 1. The molecule has 5 heterocycles. The van der Waals surface area contributed by atoms with Crippen LogP contribution in [0.15, 0.2) is 90.2 Å². The zero-order valence-electron chi connectivity index (χ0n) is 24.4. The minimum atomic E-state index is -1.36. The first kappa shape index (κ1) is 30.5. The van der Waals surface area contributed by atoms with Gasteiger partial charge in [0.2, 0.25) is 15.8 Å². The highest BCUT2D eigenvalue weighted by atomic mass is 79.9. The summed E-state index contributed by atoms with van der Waals surface area (Å²) in [5.74, 6) is -2.55. The second-order valence-corrected chi connectivity index (χ2v) is 13.3. The van der Waals surface area contributed by atoms with E-state index in [9.17, 15) is 19.8 Å². The Morgan fingerprint density at radius 1 is 1.11 bits per heavy atom. The lowest BCUT2D eigenvalue weighted by molar-refractivity contribution is -0.721. The maximum atomic E-state index is 12.8. The standard InChI is InChI=1S/C33H31N4O4S2.BrH/c1-19-26(29(33(40)41)37-28(19)27(20(2)38)30(37)39)25-17-36-18-35(31(42-3)32(36)43-25)15-22-8-6-7-21(13-22)14-34-12-11-23-9-4-5-10-24(23)16-34;/h4-13,16-20,27-28,38H,14-15H2,1-3H3;1H/q+1;/p-1/t19-,20+,27+,28+;/m0./s1. The number of benzene rings is 2. The number of hydrogen-bond acceptors (Lipinski definition) is 6. The van der Waals surface area contributed by atoms with Crippen LogP contribution in [0.3, 0.4) is 0 Å². The Morgan fingerprint density at radius 3 is 2.55 bits per heavy atom. The number of aromatic nitrogens is 3. The zero-order chi connectivity index (χ0) is 30.0. The smallest absolute Gasteiger partial charge is 0.250 e. The molecule has 8 nitrogen and oxygen atoms in total. The van der Waals surface area contributed by atoms with Crippen molar-refractivity contribution >= 4 is 56.2 Å². The second kappa shape index (κ2) is 11.8. The van der Waals surface area contributed by atoms with Gasteiger partial charge in [-0.3, -0.25) is 4.79 Å². The number of carbonyl (C=O) groups excluding carboxylic acids is 2. The van der Waals surface area contributed by atoms with Gasteiger partial charge in [-0.2, -0.15) is 4.40 Å². The molecule has 1 N–H and O–H groups in total. The summed E-state index contributed by atoms with van der Waals surface area (Å²) in [6.45, 7) is 4.98. The van der Waals surface area contributed by atoms with Gasteiger partial charge >= 0.3 is 0 Å². The molecule has 2 aliphatic heterocycles. The van der Waals surface area contributed by atoms with E-state index < -0.39 is 18.0 Å². The van der Waals surface area contributed by atoms with Gasteiger partial charge in [0.25, 0.3) is 6.33 Å². The molecule has 0 aliphatic carbocycles. The number of halogens is 1. The lowest BCUT2D eigenvalue weighted by atomic mass is 9.77. The average Bonchev–Trinajstić information content (AvgIpc) is 3.60. The molecule has 1 amide bonds. The molecule has 44 heavy (non-hydrogen) atoms. The number of rotatable bonds is 8. The molecule has 226 valence electrons. The predicted octanol–water partition coefficient (Wildman–Crippen LogP) is -0.130. The third-order valence-corrected chi connectivity index (χ3v) is 10.8. The van der Waals surface area contributed by atoms with Crippen molar-refractivity contribution in [1.29, 1.82) is 0 Å². The first-order valence-corrected chi connectivity index (χ1v) is 16.3. The zero-order valence-corrected chi connectivity index (χ0v) is 27.6. The van der Waals surface area contributed by atoms with Crippen LogP contribution in [0.5, 0.6) is 0 Å². The molecule has 2 aliphatic rings. The first-order chi connectivity index (χ1) is 20.7. The number of nitrogens with zero attached hydrogens (tertiary/aromatic N) is 4. The Balaban J connectivity index is 0.00000343. The van der Waals surface area contributed by atoms with Crippen molar-refractivity contribution in [2.75, 3.05) is 6.26 Å². The molecule has 3 aromatic heterocycles. The van der Waals surface area contributed by atoms with E-state index in [1.165, 1.54) is 38.1 Å². The number of carboxylic acids is 1. The highest BCUT2D eigenvalue weighted by Crippen LogP contribution is 2.51. The summed E-state index contributed by atoms with van der Waals surface area (Å²) in [4.78, 5) is 28.1. The van der Waals surface area contributed by atoms with Gasteiger partial charge in [-0.15, -0.1) is 0 Å². The number of aliphatic carboxylic acids is 1. The third kappa shape index (κ3) is 4.95. The number of pyridine rings is 1. The number of imidazole rings is 1. The Hall–Kier alpha value is -3.51. The number of hydrogen-bond donors (Lipinski definition) is 1. The van der Waals surface area contributed by atoms with Gasteiger partial charge in [0.05, 0.1) is 34.6 Å². The number of β-lactam (4-membered cyclic amide) rings is 1. The van der Waals surface area contributed by atoms with Crippen molar-refractivity contribution in [1.82, 2.24) is 9.30 Å². The molecule has 4 atom stereocenters. The van der Waals surface area contributed by atoms with Crippen molar-refractivity contribution in [3.8, 4) is 0 Å². The molecule has 11 heteroatoms. The molecule has 0 radical (unpaired) electrons. The summed E-state index contributed by atoms with van der Waals surface area (Å²) >= 11 is 3.17. The fourth-order valence-corrected chi connectivity index (χ4v) is 8.95. The Bertz CT molecular complexity index is 1970. The first-order valence-electron chi connectivity index (χ1n) is 14.3. The molecule has 1 fully saturated rings. The van der Waals surface area contributed by atoms with Crippen LogP contribution < -0.4 is 31.2 Å². The van der Waals surface area contributed by atoms with Gasteiger partial charge in [0.1, 0.15) is 12.7 Å². The number of fused-ring (bicyclic) bond motifs is 3. The van der Waals surface area contributed by atoms with Crippen molar-refractivity contribution in [2.45, 2.75) is 44.1 Å². The maximum absolute atomic E-state index is 12.8. The van der Waals surface area contributed by atoms with Crippen LogP contribution in [0.2, 0.25) is 0 Å². The minimum absolute atomic E-state index is 0. The number of carboxylic acid groups (broad SMARTS) is 1. The maximum Gasteiger partial charge on any atom is 0.250 e. The number of thiazole rings is 1. The second-order valence-electron chi connectivity index (χ2n) is 11.4. The summed E-state index contributed by atoms with van der Waals surface area (Å²) < 4.78 is 6.46. The van der Waals surface area contributed by atoms with Crippen LogP contribution in [-0.2, 0) is 22.7 Å². The van der Waals surface area contributed by atoms with Crippen molar-refractivity contribution in [3.63, 3.8) is 0 Å². The summed E-state index contributed by atoms with van der Waals surface area (Å²) in [6, 6.07) is 18.8. The van der Waals surface area contributed by atoms with Gasteiger partial charge in [0, 0.05) is 28.5 Å². The summed E-state index contributed by atoms with van der Waals surface area (Å²) in [5.41, 5.74) is 2.95. The lowest BCUT2D eigenvalue weighted by Gasteiger charge is -2.47. The molecular weight excluding hydrogens is 660 g/mol. The van der Waals surface area contributed by atoms with E-state index >= 15 is 0 Å². The number of carbonyl (C=O) groups is 2. The van der Waals surface area contributed by atoms with E-state index in [1.54, 1.807) is 18.7 Å². The van der Waals surface area contributed by atoms with E-state index in [2.05, 4.69) is 76.1 Å².